The van der Waals surface area contributed by atoms with Gasteiger partial charge in [0.05, 0.1) is 19.9 Å². The van der Waals surface area contributed by atoms with Crippen LogP contribution < -0.4 is 25.0 Å². The van der Waals surface area contributed by atoms with Crippen molar-refractivity contribution in [2.75, 3.05) is 42.8 Å². The molecule has 0 bridgehead atoms. The van der Waals surface area contributed by atoms with Crippen molar-refractivity contribution in [2.45, 2.75) is 27.2 Å². The second-order valence-electron chi connectivity index (χ2n) is 6.51. The summed E-state index contributed by atoms with van der Waals surface area (Å²) >= 11 is 0. The van der Waals surface area contributed by atoms with Gasteiger partial charge in [-0.05, 0) is 56.7 Å². The van der Waals surface area contributed by atoms with E-state index in [1.54, 1.807) is 18.2 Å². The molecule has 2 aromatic rings. The van der Waals surface area contributed by atoms with E-state index in [-0.39, 0.29) is 12.3 Å². The van der Waals surface area contributed by atoms with E-state index in [9.17, 15) is 9.59 Å². The van der Waals surface area contributed by atoms with E-state index in [0.29, 0.717) is 22.9 Å². The van der Waals surface area contributed by atoms with Crippen molar-refractivity contribution < 1.29 is 19.1 Å². The summed E-state index contributed by atoms with van der Waals surface area (Å²) in [4.78, 5) is 26.9. The number of hydrogen-bond acceptors (Lipinski definition) is 5. The molecule has 156 valence electrons. The Kier molecular flexibility index (Phi) is 7.88. The molecule has 0 fully saturated rings. The fourth-order valence-corrected chi connectivity index (χ4v) is 3.02. The van der Waals surface area contributed by atoms with Gasteiger partial charge in [0.15, 0.2) is 0 Å². The Morgan fingerprint density at radius 1 is 0.897 bits per heavy atom. The Morgan fingerprint density at radius 2 is 1.55 bits per heavy atom. The second kappa shape index (κ2) is 10.4. The van der Waals surface area contributed by atoms with Crippen LogP contribution in [0.2, 0.25) is 0 Å². The molecule has 29 heavy (non-hydrogen) atoms. The number of carbonyl (C=O) groups excluding carboxylic acids is 2. The number of nitrogens with one attached hydrogen (secondary N) is 2. The minimum absolute atomic E-state index is 0.308. The van der Waals surface area contributed by atoms with Crippen molar-refractivity contribution in [1.29, 1.82) is 0 Å². The molecule has 0 heterocycles. The first-order valence-corrected chi connectivity index (χ1v) is 9.59. The van der Waals surface area contributed by atoms with Gasteiger partial charge >= 0.3 is 0 Å². The molecule has 0 spiro atoms. The van der Waals surface area contributed by atoms with E-state index >= 15 is 0 Å². The summed E-state index contributed by atoms with van der Waals surface area (Å²) in [6.45, 7) is 7.96. The van der Waals surface area contributed by atoms with Crippen LogP contribution in [-0.2, 0) is 9.59 Å². The molecule has 0 aliphatic heterocycles. The van der Waals surface area contributed by atoms with Crippen molar-refractivity contribution in [2.24, 2.45) is 0 Å². The molecule has 0 aromatic heterocycles. The van der Waals surface area contributed by atoms with Gasteiger partial charge in [-0.25, -0.2) is 0 Å². The SMILES string of the molecule is CCN(CC)c1ccc(NC(=O)CC(=O)Nc2cc(OC)ccc2OC)c(C)c1. The van der Waals surface area contributed by atoms with E-state index in [1.807, 2.05) is 25.1 Å². The van der Waals surface area contributed by atoms with E-state index in [2.05, 4.69) is 29.4 Å². The van der Waals surface area contributed by atoms with Crippen LogP contribution in [0.1, 0.15) is 25.8 Å². The number of carbonyl (C=O) groups is 2. The quantitative estimate of drug-likeness (QED) is 0.627. The number of amides is 2. The lowest BCUT2D eigenvalue weighted by Gasteiger charge is -2.22. The number of hydrogen-bond donors (Lipinski definition) is 2. The van der Waals surface area contributed by atoms with E-state index < -0.39 is 5.91 Å². The van der Waals surface area contributed by atoms with Gasteiger partial charge in [0.2, 0.25) is 11.8 Å². The summed E-state index contributed by atoms with van der Waals surface area (Å²) in [5.74, 6) is 0.242. The number of nitrogens with zero attached hydrogens (tertiary/aromatic N) is 1. The molecule has 7 heteroatoms. The summed E-state index contributed by atoms with van der Waals surface area (Å²) < 4.78 is 10.4. The smallest absolute Gasteiger partial charge is 0.233 e. The van der Waals surface area contributed by atoms with Crippen LogP contribution in [0.4, 0.5) is 17.1 Å². The highest BCUT2D eigenvalue weighted by molar-refractivity contribution is 6.08. The second-order valence-corrected chi connectivity index (χ2v) is 6.51. The van der Waals surface area contributed by atoms with Crippen molar-refractivity contribution in [1.82, 2.24) is 0 Å². The Morgan fingerprint density at radius 3 is 2.10 bits per heavy atom. The summed E-state index contributed by atoms with van der Waals surface area (Å²) in [6.07, 6.45) is -0.308. The third-order valence-electron chi connectivity index (χ3n) is 4.61. The maximum Gasteiger partial charge on any atom is 0.233 e. The van der Waals surface area contributed by atoms with E-state index in [4.69, 9.17) is 9.47 Å². The van der Waals surface area contributed by atoms with Crippen LogP contribution in [0.15, 0.2) is 36.4 Å². The maximum absolute atomic E-state index is 12.3. The first-order valence-electron chi connectivity index (χ1n) is 9.59. The predicted octanol–water partition coefficient (Wildman–Crippen LogP) is 3.83. The van der Waals surface area contributed by atoms with Gasteiger partial charge in [-0.1, -0.05) is 0 Å². The highest BCUT2D eigenvalue weighted by Crippen LogP contribution is 2.29. The topological polar surface area (TPSA) is 79.9 Å². The van der Waals surface area contributed by atoms with Crippen LogP contribution in [-0.4, -0.2) is 39.1 Å². The zero-order chi connectivity index (χ0) is 21.4. The molecule has 2 N–H and O–H groups in total. The molecule has 0 unspecified atom stereocenters. The molecule has 0 saturated heterocycles. The van der Waals surface area contributed by atoms with Crippen LogP contribution >= 0.6 is 0 Å². The van der Waals surface area contributed by atoms with Gasteiger partial charge in [0.1, 0.15) is 17.9 Å². The lowest BCUT2D eigenvalue weighted by Crippen LogP contribution is -2.23. The van der Waals surface area contributed by atoms with Gasteiger partial charge in [-0.15, -0.1) is 0 Å². The Bertz CT molecular complexity index is 863. The summed E-state index contributed by atoms with van der Waals surface area (Å²) in [5.41, 5.74) is 3.19. The summed E-state index contributed by atoms with van der Waals surface area (Å²) in [6, 6.07) is 10.9. The zero-order valence-corrected chi connectivity index (χ0v) is 17.7. The first kappa shape index (κ1) is 22.1. The molecule has 0 saturated carbocycles. The lowest BCUT2D eigenvalue weighted by atomic mass is 10.1. The zero-order valence-electron chi connectivity index (χ0n) is 17.7. The molecule has 2 aromatic carbocycles. The molecule has 0 radical (unpaired) electrons. The number of aryl methyl sites for hydroxylation is 1. The molecule has 0 aliphatic rings. The first-order chi connectivity index (χ1) is 13.9. The van der Waals surface area contributed by atoms with Crippen LogP contribution in [0.25, 0.3) is 0 Å². The Labute approximate surface area is 172 Å². The summed E-state index contributed by atoms with van der Waals surface area (Å²) in [5, 5.41) is 5.50. The molecule has 2 amide bonds. The number of methoxy groups -OCH3 is 2. The Balaban J connectivity index is 2.01. The highest BCUT2D eigenvalue weighted by atomic mass is 16.5. The van der Waals surface area contributed by atoms with Gasteiger partial charge < -0.3 is 25.0 Å². The standard InChI is InChI=1S/C22H29N3O4/c1-6-25(7-2)16-8-10-18(15(3)12-16)23-21(26)14-22(27)24-19-13-17(28-4)9-11-20(19)29-5/h8-13H,6-7,14H2,1-5H3,(H,23,26)(H,24,27). The fourth-order valence-electron chi connectivity index (χ4n) is 3.02. The van der Waals surface area contributed by atoms with Crippen molar-refractivity contribution in [3.63, 3.8) is 0 Å². The Hall–Kier alpha value is -3.22. The molecular weight excluding hydrogens is 370 g/mol. The molecule has 0 atom stereocenters. The minimum Gasteiger partial charge on any atom is -0.497 e. The number of anilines is 3. The van der Waals surface area contributed by atoms with Gasteiger partial charge in [-0.2, -0.15) is 0 Å². The number of rotatable bonds is 9. The maximum atomic E-state index is 12.3. The largest absolute Gasteiger partial charge is 0.497 e. The molecule has 7 nitrogen and oxygen atoms in total. The van der Waals surface area contributed by atoms with Gasteiger partial charge in [0.25, 0.3) is 0 Å². The average Bonchev–Trinajstić information content (AvgIpc) is 2.70. The summed E-state index contributed by atoms with van der Waals surface area (Å²) in [7, 11) is 3.05. The third-order valence-corrected chi connectivity index (χ3v) is 4.61. The lowest BCUT2D eigenvalue weighted by molar-refractivity contribution is -0.123. The average molecular weight is 399 g/mol. The monoisotopic (exact) mass is 399 g/mol. The van der Waals surface area contributed by atoms with Crippen LogP contribution in [0.3, 0.4) is 0 Å². The third kappa shape index (κ3) is 5.88. The van der Waals surface area contributed by atoms with Crippen molar-refractivity contribution in [3.8, 4) is 11.5 Å². The van der Waals surface area contributed by atoms with Crippen molar-refractivity contribution in [3.05, 3.63) is 42.0 Å². The van der Waals surface area contributed by atoms with Crippen LogP contribution in [0.5, 0.6) is 11.5 Å². The fraction of sp³-hybridized carbons (Fsp3) is 0.364. The number of ether oxygens (including phenoxy) is 2. The van der Waals surface area contributed by atoms with Crippen molar-refractivity contribution >= 4 is 28.9 Å². The van der Waals surface area contributed by atoms with Crippen LogP contribution in [0, 0.1) is 6.92 Å². The highest BCUT2D eigenvalue weighted by Gasteiger charge is 2.14. The number of benzene rings is 2. The molecular formula is C22H29N3O4. The normalized spacial score (nSPS) is 10.2. The minimum atomic E-state index is -0.438. The molecule has 2 rings (SSSR count). The molecule has 0 aliphatic carbocycles. The van der Waals surface area contributed by atoms with E-state index in [1.165, 1.54) is 14.2 Å². The predicted molar refractivity (Wildman–Crippen MR) is 116 cm³/mol. The van der Waals surface area contributed by atoms with E-state index in [0.717, 1.165) is 24.3 Å². The van der Waals surface area contributed by atoms with Gasteiger partial charge in [0, 0.05) is 30.5 Å². The van der Waals surface area contributed by atoms with Gasteiger partial charge in [-0.3, -0.25) is 9.59 Å².